The maximum atomic E-state index is 12.8. The molecule has 1 aliphatic rings. The Kier molecular flexibility index (Phi) is 5.41. The van der Waals surface area contributed by atoms with Crippen molar-refractivity contribution in [3.63, 3.8) is 0 Å². The van der Waals surface area contributed by atoms with Crippen LogP contribution in [-0.4, -0.2) is 40.8 Å². The quantitative estimate of drug-likeness (QED) is 0.876. The van der Waals surface area contributed by atoms with Gasteiger partial charge in [0.25, 0.3) is 5.91 Å². The third-order valence-electron chi connectivity index (χ3n) is 4.99. The molecule has 1 aromatic heterocycles. The second-order valence-electron chi connectivity index (χ2n) is 7.07. The number of carbonyl (C=O) groups is 2. The van der Waals surface area contributed by atoms with Crippen LogP contribution in [0.15, 0.2) is 30.5 Å². The summed E-state index contributed by atoms with van der Waals surface area (Å²) in [7, 11) is 0. The molecule has 25 heavy (non-hydrogen) atoms. The van der Waals surface area contributed by atoms with E-state index in [1.54, 1.807) is 0 Å². The lowest BCUT2D eigenvalue weighted by Gasteiger charge is -2.32. The predicted molar refractivity (Wildman–Crippen MR) is 99.4 cm³/mol. The Morgan fingerprint density at radius 2 is 2.20 bits per heavy atom. The lowest BCUT2D eigenvalue weighted by atomic mass is 9.96. The minimum Gasteiger partial charge on any atom is -0.361 e. The Bertz CT molecular complexity index is 752. The van der Waals surface area contributed by atoms with Crippen LogP contribution in [0.1, 0.15) is 49.9 Å². The van der Waals surface area contributed by atoms with E-state index in [0.29, 0.717) is 12.1 Å². The maximum Gasteiger partial charge on any atom is 0.253 e. The normalized spacial score (nSPS) is 19.0. The van der Waals surface area contributed by atoms with E-state index in [2.05, 4.69) is 17.2 Å². The maximum absolute atomic E-state index is 12.8. The van der Waals surface area contributed by atoms with Crippen molar-refractivity contribution in [2.75, 3.05) is 13.1 Å². The van der Waals surface area contributed by atoms with E-state index in [9.17, 15) is 9.59 Å². The van der Waals surface area contributed by atoms with E-state index in [4.69, 9.17) is 0 Å². The molecule has 2 aromatic rings. The van der Waals surface area contributed by atoms with Crippen molar-refractivity contribution in [2.24, 2.45) is 5.92 Å². The first-order valence-corrected chi connectivity index (χ1v) is 9.25. The van der Waals surface area contributed by atoms with Gasteiger partial charge in [0.2, 0.25) is 5.91 Å². The molecule has 0 saturated carbocycles. The highest BCUT2D eigenvalue weighted by atomic mass is 16.2. The van der Waals surface area contributed by atoms with Gasteiger partial charge in [0.15, 0.2) is 0 Å². The van der Waals surface area contributed by atoms with Gasteiger partial charge < -0.3 is 15.2 Å². The molecule has 0 radical (unpaired) electrons. The zero-order valence-corrected chi connectivity index (χ0v) is 15.0. The van der Waals surface area contributed by atoms with E-state index >= 15 is 0 Å². The molecular weight excluding hydrogens is 314 g/mol. The van der Waals surface area contributed by atoms with Crippen LogP contribution in [0.4, 0.5) is 0 Å². The number of nitrogens with one attached hydrogen (secondary N) is 2. The minimum absolute atomic E-state index is 0.00982. The number of hydrogen-bond donors (Lipinski definition) is 2. The summed E-state index contributed by atoms with van der Waals surface area (Å²) >= 11 is 0. The number of amides is 2. The largest absolute Gasteiger partial charge is 0.361 e. The minimum atomic E-state index is -0.105. The zero-order chi connectivity index (χ0) is 17.8. The van der Waals surface area contributed by atoms with Crippen LogP contribution in [0.5, 0.6) is 0 Å². The zero-order valence-electron chi connectivity index (χ0n) is 15.0. The van der Waals surface area contributed by atoms with Gasteiger partial charge in [-0.15, -0.1) is 0 Å². The summed E-state index contributed by atoms with van der Waals surface area (Å²) in [5, 5.41) is 4.18. The van der Waals surface area contributed by atoms with Crippen LogP contribution < -0.4 is 5.32 Å². The lowest BCUT2D eigenvalue weighted by molar-refractivity contribution is -0.127. The van der Waals surface area contributed by atoms with Crippen LogP contribution >= 0.6 is 0 Å². The van der Waals surface area contributed by atoms with Gasteiger partial charge in [-0.2, -0.15) is 0 Å². The second kappa shape index (κ2) is 7.72. The van der Waals surface area contributed by atoms with Gasteiger partial charge in [0, 0.05) is 36.4 Å². The molecule has 2 amide bonds. The van der Waals surface area contributed by atoms with E-state index in [1.165, 1.54) is 0 Å². The van der Waals surface area contributed by atoms with Gasteiger partial charge in [-0.25, -0.2) is 0 Å². The Balaban J connectivity index is 1.65. The smallest absolute Gasteiger partial charge is 0.253 e. The lowest BCUT2D eigenvalue weighted by Crippen LogP contribution is -2.47. The summed E-state index contributed by atoms with van der Waals surface area (Å²) in [5.74, 6) is -0.0138. The van der Waals surface area contributed by atoms with Crippen molar-refractivity contribution in [2.45, 2.75) is 45.6 Å². The monoisotopic (exact) mass is 341 g/mol. The number of aromatic amines is 1. The molecule has 2 atom stereocenters. The van der Waals surface area contributed by atoms with Crippen LogP contribution in [-0.2, 0) is 4.79 Å². The Hall–Kier alpha value is -2.30. The summed E-state index contributed by atoms with van der Waals surface area (Å²) in [6, 6.07) is 7.90. The number of carbonyl (C=O) groups excluding carboxylic acids is 2. The number of rotatable bonds is 5. The molecule has 0 bridgehead atoms. The van der Waals surface area contributed by atoms with E-state index in [1.807, 2.05) is 42.3 Å². The molecule has 5 nitrogen and oxygen atoms in total. The SMILES string of the molecule is CCC[C@@H](C)NC(=O)[C@H]1CCCN(C(=O)c2ccc3cc[nH]c3c2)C1. The number of aromatic nitrogens is 1. The highest BCUT2D eigenvalue weighted by molar-refractivity contribution is 5.98. The predicted octanol–water partition coefficient (Wildman–Crippen LogP) is 3.32. The molecule has 2 heterocycles. The molecule has 134 valence electrons. The summed E-state index contributed by atoms with van der Waals surface area (Å²) in [4.78, 5) is 30.3. The number of fused-ring (bicyclic) bond motifs is 1. The number of benzene rings is 1. The Labute approximate surface area is 148 Å². The van der Waals surface area contributed by atoms with Gasteiger partial charge in [-0.1, -0.05) is 19.4 Å². The molecule has 1 saturated heterocycles. The fraction of sp³-hybridized carbons (Fsp3) is 0.500. The average Bonchev–Trinajstić information content (AvgIpc) is 3.09. The number of nitrogens with zero attached hydrogens (tertiary/aromatic N) is 1. The molecule has 1 aromatic carbocycles. The van der Waals surface area contributed by atoms with Crippen LogP contribution in [0, 0.1) is 5.92 Å². The first-order valence-electron chi connectivity index (χ1n) is 9.25. The second-order valence-corrected chi connectivity index (χ2v) is 7.07. The van der Waals surface area contributed by atoms with Gasteiger partial charge in [-0.3, -0.25) is 9.59 Å². The molecule has 2 N–H and O–H groups in total. The molecule has 1 fully saturated rings. The van der Waals surface area contributed by atoms with Crippen LogP contribution in [0.3, 0.4) is 0 Å². The number of likely N-dealkylation sites (tertiary alicyclic amines) is 1. The highest BCUT2D eigenvalue weighted by Crippen LogP contribution is 2.21. The van der Waals surface area contributed by atoms with Crippen molar-refractivity contribution in [3.8, 4) is 0 Å². The molecule has 3 rings (SSSR count). The first-order chi connectivity index (χ1) is 12.1. The summed E-state index contributed by atoms with van der Waals surface area (Å²) < 4.78 is 0. The van der Waals surface area contributed by atoms with Gasteiger partial charge in [-0.05, 0) is 49.8 Å². The van der Waals surface area contributed by atoms with Gasteiger partial charge in [0.1, 0.15) is 0 Å². The van der Waals surface area contributed by atoms with Crippen molar-refractivity contribution >= 4 is 22.7 Å². The topological polar surface area (TPSA) is 65.2 Å². The highest BCUT2D eigenvalue weighted by Gasteiger charge is 2.29. The Morgan fingerprint density at radius 1 is 1.36 bits per heavy atom. The molecule has 0 aliphatic carbocycles. The molecule has 0 unspecified atom stereocenters. The number of H-pyrrole nitrogens is 1. The van der Waals surface area contributed by atoms with Crippen molar-refractivity contribution in [1.82, 2.24) is 15.2 Å². The van der Waals surface area contributed by atoms with Crippen LogP contribution in [0.25, 0.3) is 10.9 Å². The fourth-order valence-electron chi connectivity index (χ4n) is 3.60. The molecule has 1 aliphatic heterocycles. The van der Waals surface area contributed by atoms with Crippen LogP contribution in [0.2, 0.25) is 0 Å². The Morgan fingerprint density at radius 3 is 3.00 bits per heavy atom. The molecule has 5 heteroatoms. The summed E-state index contributed by atoms with van der Waals surface area (Å²) in [5.41, 5.74) is 1.64. The van der Waals surface area contributed by atoms with Crippen molar-refractivity contribution in [3.05, 3.63) is 36.0 Å². The molecule has 0 spiro atoms. The third kappa shape index (κ3) is 4.03. The third-order valence-corrected chi connectivity index (χ3v) is 4.99. The average molecular weight is 341 g/mol. The van der Waals surface area contributed by atoms with Crippen molar-refractivity contribution in [1.29, 1.82) is 0 Å². The van der Waals surface area contributed by atoms with Gasteiger partial charge in [0.05, 0.1) is 5.92 Å². The summed E-state index contributed by atoms with van der Waals surface area (Å²) in [6.45, 7) is 5.38. The number of hydrogen-bond acceptors (Lipinski definition) is 2. The number of piperidine rings is 1. The van der Waals surface area contributed by atoms with Crippen molar-refractivity contribution < 1.29 is 9.59 Å². The van der Waals surface area contributed by atoms with Gasteiger partial charge >= 0.3 is 0 Å². The first kappa shape index (κ1) is 17.5. The van der Waals surface area contributed by atoms with E-state index < -0.39 is 0 Å². The fourth-order valence-corrected chi connectivity index (χ4v) is 3.60. The standard InChI is InChI=1S/C20H27N3O2/c1-3-5-14(2)22-19(24)17-6-4-11-23(13-17)20(25)16-8-7-15-9-10-21-18(15)12-16/h7-10,12,14,17,21H,3-6,11,13H2,1-2H3,(H,22,24)/t14-,17+/m1/s1. The van der Waals surface area contributed by atoms with E-state index in [0.717, 1.165) is 43.1 Å². The molecular formula is C20H27N3O2. The summed E-state index contributed by atoms with van der Waals surface area (Å²) in [6.07, 6.45) is 5.63. The van der Waals surface area contributed by atoms with E-state index in [-0.39, 0.29) is 23.8 Å².